The second kappa shape index (κ2) is 32.9. The monoisotopic (exact) mass is 1110 g/mol. The van der Waals surface area contributed by atoms with E-state index in [0.29, 0.717) is 5.56 Å². The van der Waals surface area contributed by atoms with Crippen LogP contribution in [0.2, 0.25) is 0 Å². The number of aliphatic hydroxyl groups excluding tert-OH is 3. The zero-order valence-corrected chi connectivity index (χ0v) is 45.7. The van der Waals surface area contributed by atoms with Gasteiger partial charge in [-0.3, -0.25) is 52.9 Å². The topological polar surface area (TPSA) is 485 Å². The maximum Gasteiger partial charge on any atom is 0.328 e. The van der Waals surface area contributed by atoms with Crippen LogP contribution in [0, 0.1) is 17.3 Å². The lowest BCUT2D eigenvalue weighted by atomic mass is 9.84. The minimum Gasteiger partial charge on any atom is -0.480 e. The number of amides is 10. The molecule has 1 rings (SSSR count). The molecule has 0 heterocycles. The number of aliphatic carboxylic acids is 1. The van der Waals surface area contributed by atoms with E-state index in [1.165, 1.54) is 14.0 Å². The molecule has 0 saturated heterocycles. The second-order valence-electron chi connectivity index (χ2n) is 20.1. The molecule has 0 aliphatic rings. The van der Waals surface area contributed by atoms with E-state index in [9.17, 15) is 73.2 Å². The van der Waals surface area contributed by atoms with Gasteiger partial charge in [0.1, 0.15) is 54.4 Å². The third kappa shape index (κ3) is 22.6. The van der Waals surface area contributed by atoms with Crippen LogP contribution in [0.3, 0.4) is 0 Å². The summed E-state index contributed by atoms with van der Waals surface area (Å²) in [5, 5.41) is 58.8. The number of primary amides is 1. The van der Waals surface area contributed by atoms with Crippen LogP contribution in [-0.2, 0) is 59.2 Å². The molecular weight excluding hydrogens is 1020 g/mol. The third-order valence-corrected chi connectivity index (χ3v) is 12.2. The van der Waals surface area contributed by atoms with Crippen LogP contribution in [-0.4, -0.2) is 190 Å². The van der Waals surface area contributed by atoms with Gasteiger partial charge in [0.2, 0.25) is 59.1 Å². The summed E-state index contributed by atoms with van der Waals surface area (Å²) in [6, 6.07) is -5.54. The van der Waals surface area contributed by atoms with E-state index in [-0.39, 0.29) is 38.2 Å². The first kappa shape index (κ1) is 68.5. The summed E-state index contributed by atoms with van der Waals surface area (Å²) in [4.78, 5) is 152. The molecule has 0 fully saturated rings. The first-order chi connectivity index (χ1) is 36.3. The highest BCUT2D eigenvalue weighted by Crippen LogP contribution is 2.25. The van der Waals surface area contributed by atoms with Gasteiger partial charge in [-0.2, -0.15) is 0 Å². The second-order valence-corrected chi connectivity index (χ2v) is 20.1. The van der Waals surface area contributed by atoms with Crippen molar-refractivity contribution in [1.29, 1.82) is 0 Å². The largest absolute Gasteiger partial charge is 0.480 e. The van der Waals surface area contributed by atoms with Gasteiger partial charge < -0.3 is 90.8 Å². The molecule has 0 aliphatic heterocycles. The maximum absolute atomic E-state index is 14.5. The summed E-state index contributed by atoms with van der Waals surface area (Å²) in [6.07, 6.45) is -2.43. The highest BCUT2D eigenvalue weighted by atomic mass is 16.4. The summed E-state index contributed by atoms with van der Waals surface area (Å²) >= 11 is 0. The predicted molar refractivity (Wildman–Crippen MR) is 282 cm³/mol. The molecule has 0 radical (unpaired) electrons. The molecule has 0 unspecified atom stereocenters. The average Bonchev–Trinajstić information content (AvgIpc) is 3.36. The number of aliphatic imine (C=N–C) groups is 1. The third-order valence-electron chi connectivity index (χ3n) is 12.2. The van der Waals surface area contributed by atoms with Gasteiger partial charge in [0.05, 0.1) is 32.3 Å². The number of benzene rings is 1. The Kier molecular flexibility index (Phi) is 28.9. The number of hydrogen-bond donors (Lipinski definition) is 16. The van der Waals surface area contributed by atoms with E-state index in [2.05, 4.69) is 42.2 Å². The highest BCUT2D eigenvalue weighted by molar-refractivity contribution is 5.99. The molecule has 0 aliphatic carbocycles. The molecule has 0 aromatic heterocycles. The van der Waals surface area contributed by atoms with E-state index < -0.39 is 169 Å². The van der Waals surface area contributed by atoms with Gasteiger partial charge in [0.15, 0.2) is 5.96 Å². The summed E-state index contributed by atoms with van der Waals surface area (Å²) < 4.78 is 0. The van der Waals surface area contributed by atoms with Crippen LogP contribution in [0.1, 0.15) is 86.6 Å². The number of nitrogens with zero attached hydrogens (tertiary/aromatic N) is 2. The molecule has 438 valence electrons. The normalized spacial score (nSPS) is 15.5. The van der Waals surface area contributed by atoms with Crippen molar-refractivity contribution in [3.63, 3.8) is 0 Å². The first-order valence-electron chi connectivity index (χ1n) is 25.2. The predicted octanol–water partition coefficient (Wildman–Crippen LogP) is -5.98. The quantitative estimate of drug-likeness (QED) is 0.0177. The number of nitrogens with one attached hydrogen (secondary N) is 8. The molecule has 10 amide bonds. The summed E-state index contributed by atoms with van der Waals surface area (Å²) in [5.41, 5.74) is 21.3. The summed E-state index contributed by atoms with van der Waals surface area (Å²) in [7, 11) is 1.29. The number of rotatable bonds is 33. The van der Waals surface area contributed by atoms with Crippen molar-refractivity contribution in [1.82, 2.24) is 47.4 Å². The van der Waals surface area contributed by atoms with E-state index in [1.807, 2.05) is 5.32 Å². The van der Waals surface area contributed by atoms with Gasteiger partial charge in [0.25, 0.3) is 0 Å². The van der Waals surface area contributed by atoms with Crippen LogP contribution in [0.25, 0.3) is 0 Å². The number of carbonyl (C=O) groups excluding carboxylic acids is 10. The number of hydrogen-bond acceptors (Lipinski definition) is 16. The number of aliphatic hydroxyl groups is 3. The lowest BCUT2D eigenvalue weighted by Gasteiger charge is -2.39. The Labute approximate surface area is 452 Å². The highest BCUT2D eigenvalue weighted by Gasteiger charge is 2.42. The Morgan fingerprint density at radius 3 is 1.62 bits per heavy atom. The van der Waals surface area contributed by atoms with E-state index in [1.54, 1.807) is 71.9 Å². The Hall–Kier alpha value is -7.50. The summed E-state index contributed by atoms with van der Waals surface area (Å²) in [5.74, 6) is -13.0. The first-order valence-corrected chi connectivity index (χ1v) is 25.2. The molecule has 1 aromatic carbocycles. The molecule has 20 N–H and O–H groups in total. The molecule has 29 nitrogen and oxygen atoms in total. The lowest BCUT2D eigenvalue weighted by Crippen LogP contribution is -2.63. The van der Waals surface area contributed by atoms with Gasteiger partial charge in [-0.1, -0.05) is 85.2 Å². The SMILES string of the molecule is CC[C@H](C)[C@H](NC(=O)[C@@H](NC(=O)[C@@H](NC(=O)[C@H](CCCN=C(N)N)NC(=O)[C@H](Cc1ccccc1)NC(=O)[C@@H](N(C)C(=O)[C@H](CO)NC(=O)CN)C(C)(C)C)C(C)C)[C@@H](C)O)C(=O)N[C@@H](CC(N)=O)C(=O)N[C@@H](CO)C(=O)O. The minimum atomic E-state index is -1.81. The fraction of sp³-hybridized carbons (Fsp3) is 0.633. The average molecular weight is 1110 g/mol. The molecule has 0 bridgehead atoms. The number of carboxylic acid groups (broad SMARTS) is 1. The molecular formula is C49H82N14O15. The van der Waals surface area contributed by atoms with Gasteiger partial charge in [-0.05, 0) is 42.6 Å². The zero-order chi connectivity index (χ0) is 59.8. The van der Waals surface area contributed by atoms with Crippen molar-refractivity contribution in [2.24, 2.45) is 45.2 Å². The van der Waals surface area contributed by atoms with Gasteiger partial charge in [-0.25, -0.2) is 4.79 Å². The van der Waals surface area contributed by atoms with Crippen LogP contribution in [0.5, 0.6) is 0 Å². The fourth-order valence-corrected chi connectivity index (χ4v) is 7.83. The fourth-order valence-electron chi connectivity index (χ4n) is 7.83. The summed E-state index contributed by atoms with van der Waals surface area (Å²) in [6.45, 7) is 10.0. The number of nitrogens with two attached hydrogens (primary N) is 4. The van der Waals surface area contributed by atoms with Crippen molar-refractivity contribution in [3.8, 4) is 0 Å². The maximum atomic E-state index is 14.5. The van der Waals surface area contributed by atoms with E-state index >= 15 is 0 Å². The van der Waals surface area contributed by atoms with Crippen molar-refractivity contribution in [2.45, 2.75) is 148 Å². The molecule has 78 heavy (non-hydrogen) atoms. The number of carboxylic acids is 1. The Bertz CT molecular complexity index is 2260. The van der Waals surface area contributed by atoms with E-state index in [4.69, 9.17) is 22.9 Å². The molecule has 29 heteroatoms. The van der Waals surface area contributed by atoms with E-state index in [0.717, 1.165) is 11.8 Å². The van der Waals surface area contributed by atoms with Crippen molar-refractivity contribution >= 4 is 71.0 Å². The van der Waals surface area contributed by atoms with Gasteiger partial charge >= 0.3 is 5.97 Å². The van der Waals surface area contributed by atoms with Gasteiger partial charge in [0, 0.05) is 20.0 Å². The Balaban J connectivity index is 3.64. The minimum absolute atomic E-state index is 0.0107. The Morgan fingerprint density at radius 2 is 1.13 bits per heavy atom. The number of carbonyl (C=O) groups is 11. The molecule has 0 spiro atoms. The van der Waals surface area contributed by atoms with Crippen LogP contribution in [0.4, 0.5) is 0 Å². The molecule has 11 atom stereocenters. The Morgan fingerprint density at radius 1 is 0.641 bits per heavy atom. The van der Waals surface area contributed by atoms with Crippen molar-refractivity contribution < 1.29 is 73.2 Å². The number of guanidine groups is 1. The molecule has 1 aromatic rings. The van der Waals surface area contributed by atoms with Crippen LogP contribution >= 0.6 is 0 Å². The van der Waals surface area contributed by atoms with Gasteiger partial charge in [-0.15, -0.1) is 0 Å². The smallest absolute Gasteiger partial charge is 0.328 e. The number of likely N-dealkylation sites (N-methyl/N-ethyl adjacent to an activating group) is 1. The van der Waals surface area contributed by atoms with Crippen molar-refractivity contribution in [2.75, 3.05) is 33.4 Å². The van der Waals surface area contributed by atoms with Crippen LogP contribution in [0.15, 0.2) is 35.3 Å². The zero-order valence-electron chi connectivity index (χ0n) is 45.7. The standard InChI is InChI=1S/C49H82N14O15/c1-10-25(4)36(43(73)57-30(20-33(51)67)41(71)59-32(23-65)47(77)78)61-44(74)37(26(5)66)62-42(72)35(24(2)3)60-39(69)28(17-14-18-54-48(52)53)56-40(70)29(19-27-15-12-11-13-16-27)58-45(75)38(49(6,7)8)63(9)46(76)31(22-64)55-34(68)21-50/h11-13,15-16,24-26,28-32,35-38,64-66H,10,14,17-23,50H2,1-9H3,(H2,51,67)(H,55,68)(H,56,70)(H,57,73)(H,58,75)(H,59,71)(H,60,69)(H,61,74)(H,62,72)(H,77,78)(H4,52,53,54)/t25-,26+,28-,29-,30-,31-,32-,35-,36-,37-,38+/m0/s1. The lowest BCUT2D eigenvalue weighted by molar-refractivity contribution is -0.146. The van der Waals surface area contributed by atoms with Crippen LogP contribution < -0.4 is 65.5 Å². The van der Waals surface area contributed by atoms with Crippen molar-refractivity contribution in [3.05, 3.63) is 35.9 Å². The molecule has 0 saturated carbocycles.